The number of hydrogen-bond donors (Lipinski definition) is 0. The van der Waals surface area contributed by atoms with Gasteiger partial charge in [0.2, 0.25) is 0 Å². The molecule has 0 aromatic heterocycles. The molecule has 130 valence electrons. The molecule has 2 rings (SSSR count). The van der Waals surface area contributed by atoms with Gasteiger partial charge in [0.25, 0.3) is 0 Å². The monoisotopic (exact) mass is 322 g/mol. The minimum Gasteiger partial charge on any atom is -0.128 e. The first-order chi connectivity index (χ1) is 11.8. The molecule has 0 amide bonds. The molecule has 0 saturated heterocycles. The lowest BCUT2D eigenvalue weighted by atomic mass is 9.86. The third-order valence-corrected chi connectivity index (χ3v) is 3.75. The maximum Gasteiger partial charge on any atom is -0.00195 e. The van der Waals surface area contributed by atoms with E-state index in [1.54, 1.807) is 0 Å². The van der Waals surface area contributed by atoms with E-state index in [-0.39, 0.29) is 0 Å². The molecule has 0 spiro atoms. The Morgan fingerprint density at radius 3 is 2.00 bits per heavy atom. The summed E-state index contributed by atoms with van der Waals surface area (Å²) in [6, 6.07) is 0. The molecule has 0 N–H and O–H groups in total. The third kappa shape index (κ3) is 4.73. The second kappa shape index (κ2) is 12.4. The van der Waals surface area contributed by atoms with Crippen LogP contribution in [0.3, 0.4) is 0 Å². The first-order valence-electron chi connectivity index (χ1n) is 9.25. The molecule has 0 aromatic rings. The highest BCUT2D eigenvalue weighted by Gasteiger charge is 2.28. The van der Waals surface area contributed by atoms with Gasteiger partial charge in [-0.3, -0.25) is 0 Å². The minimum atomic E-state index is 1.12. The van der Waals surface area contributed by atoms with Crippen LogP contribution in [-0.4, -0.2) is 0 Å². The topological polar surface area (TPSA) is 0 Å². The Morgan fingerprint density at radius 2 is 1.50 bits per heavy atom. The van der Waals surface area contributed by atoms with Crippen molar-refractivity contribution in [3.8, 4) is 0 Å². The van der Waals surface area contributed by atoms with Crippen molar-refractivity contribution in [3.05, 3.63) is 88.3 Å². The van der Waals surface area contributed by atoms with Crippen LogP contribution in [0.1, 0.15) is 61.3 Å². The van der Waals surface area contributed by atoms with Crippen molar-refractivity contribution in [2.75, 3.05) is 0 Å². The largest absolute Gasteiger partial charge is 0.128 e. The number of rotatable bonds is 3. The van der Waals surface area contributed by atoms with Gasteiger partial charge in [0.05, 0.1) is 0 Å². The molecule has 0 fully saturated rings. The lowest BCUT2D eigenvalue weighted by Crippen LogP contribution is -2.00. The van der Waals surface area contributed by atoms with Crippen LogP contribution >= 0.6 is 0 Å². The van der Waals surface area contributed by atoms with E-state index >= 15 is 0 Å². The summed E-state index contributed by atoms with van der Waals surface area (Å²) in [7, 11) is 0. The van der Waals surface area contributed by atoms with Crippen molar-refractivity contribution >= 4 is 0 Å². The number of allylic oxidation sites excluding steroid dienone is 13. The summed E-state index contributed by atoms with van der Waals surface area (Å²) < 4.78 is 0. The molecule has 0 heteroatoms. The lowest BCUT2D eigenvalue weighted by molar-refractivity contribution is 0.948. The second-order valence-corrected chi connectivity index (χ2v) is 4.93. The van der Waals surface area contributed by atoms with E-state index < -0.39 is 0 Å². The second-order valence-electron chi connectivity index (χ2n) is 4.93. The summed E-state index contributed by atoms with van der Waals surface area (Å²) in [5.41, 5.74) is 11.0. The minimum absolute atomic E-state index is 1.12. The average Bonchev–Trinajstić information content (AvgIpc) is 2.93. The zero-order valence-corrected chi connectivity index (χ0v) is 16.7. The van der Waals surface area contributed by atoms with E-state index in [9.17, 15) is 0 Å². The first kappa shape index (κ1) is 22.0. The summed E-state index contributed by atoms with van der Waals surface area (Å²) in [5, 5.41) is 0. The quantitative estimate of drug-likeness (QED) is 0.465. The van der Waals surface area contributed by atoms with E-state index in [2.05, 4.69) is 69.5 Å². The van der Waals surface area contributed by atoms with E-state index in [0.29, 0.717) is 0 Å². The molecule has 0 aliphatic heterocycles. The Labute approximate surface area is 150 Å². The van der Waals surface area contributed by atoms with Crippen LogP contribution in [0.4, 0.5) is 0 Å². The van der Waals surface area contributed by atoms with Crippen molar-refractivity contribution in [2.45, 2.75) is 61.3 Å². The van der Waals surface area contributed by atoms with Gasteiger partial charge >= 0.3 is 0 Å². The normalized spacial score (nSPS) is 18.0. The number of hydrogen-bond acceptors (Lipinski definition) is 0. The molecule has 2 aliphatic carbocycles. The number of fused-ring (bicyclic) bond motifs is 1. The highest BCUT2D eigenvalue weighted by atomic mass is 14.3. The van der Waals surface area contributed by atoms with Crippen LogP contribution in [-0.2, 0) is 0 Å². The van der Waals surface area contributed by atoms with E-state index in [0.717, 1.165) is 12.8 Å². The standard InChI is InChI=1S/C20H22.2C2H6/c1-5-10-16-17(11-6-2)19-14-9-13-15(8-4)20(19)18(16)12-7-3;2*1-2/h5-6,8,10-12,14H,3,9,13H2,1-2,4H3;2*1-2H3/b10-5-,11-6-,15-8-;;. The summed E-state index contributed by atoms with van der Waals surface area (Å²) in [6.45, 7) is 18.0. The molecule has 24 heavy (non-hydrogen) atoms. The molecule has 0 bridgehead atoms. The molecule has 0 saturated carbocycles. The third-order valence-electron chi connectivity index (χ3n) is 3.75. The van der Waals surface area contributed by atoms with Crippen LogP contribution in [0, 0.1) is 0 Å². The van der Waals surface area contributed by atoms with Crippen molar-refractivity contribution in [1.29, 1.82) is 0 Å². The van der Waals surface area contributed by atoms with Crippen molar-refractivity contribution in [1.82, 2.24) is 0 Å². The Bertz CT molecular complexity index is 634. The fraction of sp³-hybridized carbons (Fsp3) is 0.375. The summed E-state index contributed by atoms with van der Waals surface area (Å²) >= 11 is 0. The predicted molar refractivity (Wildman–Crippen MR) is 111 cm³/mol. The molecule has 0 unspecified atom stereocenters. The zero-order valence-electron chi connectivity index (χ0n) is 16.7. The highest BCUT2D eigenvalue weighted by molar-refractivity contribution is 5.77. The zero-order chi connectivity index (χ0) is 18.5. The Balaban J connectivity index is 0.00000123. The van der Waals surface area contributed by atoms with Gasteiger partial charge in [-0.1, -0.05) is 70.7 Å². The van der Waals surface area contributed by atoms with E-state index in [1.807, 2.05) is 33.8 Å². The van der Waals surface area contributed by atoms with Gasteiger partial charge in [0.15, 0.2) is 0 Å². The van der Waals surface area contributed by atoms with Crippen LogP contribution in [0.2, 0.25) is 0 Å². The van der Waals surface area contributed by atoms with E-state index in [4.69, 9.17) is 0 Å². The smallest absolute Gasteiger partial charge is 0.00195 e. The SMILES string of the molecule is C=C=CC1=C2C(=CCC/C2=C/C)C(/C=C\C)=C1/C=C\C.CC.CC. The van der Waals surface area contributed by atoms with Gasteiger partial charge < -0.3 is 0 Å². The molecule has 0 atom stereocenters. The molecule has 0 aromatic carbocycles. The van der Waals surface area contributed by atoms with Crippen LogP contribution in [0.25, 0.3) is 0 Å². The predicted octanol–water partition coefficient (Wildman–Crippen LogP) is 7.81. The average molecular weight is 323 g/mol. The summed E-state index contributed by atoms with van der Waals surface area (Å²) in [6.07, 6.45) is 17.5. The fourth-order valence-electron chi connectivity index (χ4n) is 2.99. The summed E-state index contributed by atoms with van der Waals surface area (Å²) in [5.74, 6) is 0. The maximum atomic E-state index is 3.76. The van der Waals surface area contributed by atoms with Gasteiger partial charge in [-0.15, -0.1) is 5.73 Å². The van der Waals surface area contributed by atoms with Gasteiger partial charge in [-0.2, -0.15) is 0 Å². The Kier molecular flexibility index (Phi) is 11.3. The van der Waals surface area contributed by atoms with Gasteiger partial charge in [0, 0.05) is 0 Å². The molecule has 0 nitrogen and oxygen atoms in total. The van der Waals surface area contributed by atoms with Crippen molar-refractivity contribution < 1.29 is 0 Å². The highest BCUT2D eigenvalue weighted by Crippen LogP contribution is 2.46. The maximum absolute atomic E-state index is 3.76. The first-order valence-corrected chi connectivity index (χ1v) is 9.25. The molecular formula is C24H34. The Hall–Kier alpha value is -2.04. The van der Waals surface area contributed by atoms with Crippen LogP contribution < -0.4 is 0 Å². The molecular weight excluding hydrogens is 288 g/mol. The molecule has 0 heterocycles. The van der Waals surface area contributed by atoms with Crippen molar-refractivity contribution in [2.24, 2.45) is 0 Å². The fourth-order valence-corrected chi connectivity index (χ4v) is 2.99. The lowest BCUT2D eigenvalue weighted by Gasteiger charge is -2.18. The Morgan fingerprint density at radius 1 is 0.917 bits per heavy atom. The van der Waals surface area contributed by atoms with Gasteiger partial charge in [-0.25, -0.2) is 0 Å². The van der Waals surface area contributed by atoms with Gasteiger partial charge in [0.1, 0.15) is 0 Å². The van der Waals surface area contributed by atoms with Gasteiger partial charge in [-0.05, 0) is 73.1 Å². The summed E-state index contributed by atoms with van der Waals surface area (Å²) in [4.78, 5) is 0. The van der Waals surface area contributed by atoms with Crippen LogP contribution in [0.5, 0.6) is 0 Å². The van der Waals surface area contributed by atoms with Crippen LogP contribution in [0.15, 0.2) is 88.3 Å². The van der Waals surface area contributed by atoms with E-state index in [1.165, 1.54) is 33.4 Å². The molecule has 0 radical (unpaired) electrons. The molecule has 2 aliphatic rings. The van der Waals surface area contributed by atoms with Crippen molar-refractivity contribution in [3.63, 3.8) is 0 Å².